The second kappa shape index (κ2) is 12.9. The van der Waals surface area contributed by atoms with Crippen LogP contribution < -0.4 is 15.8 Å². The van der Waals surface area contributed by atoms with E-state index in [-0.39, 0.29) is 33.9 Å². The third-order valence-corrected chi connectivity index (χ3v) is 7.72. The lowest BCUT2D eigenvalue weighted by Gasteiger charge is -2.11. The minimum atomic E-state index is -0.693. The number of anilines is 1. The number of carbonyl (C=O) groups is 3. The normalized spacial score (nSPS) is 10.9. The van der Waals surface area contributed by atoms with Crippen LogP contribution in [0.1, 0.15) is 50.8 Å². The van der Waals surface area contributed by atoms with Gasteiger partial charge in [-0.1, -0.05) is 29.4 Å². The molecular formula is C25H28ClN5O5S2. The Balaban J connectivity index is 1.71. The summed E-state index contributed by atoms with van der Waals surface area (Å²) in [5.41, 5.74) is 6.82. The van der Waals surface area contributed by atoms with E-state index in [0.29, 0.717) is 33.9 Å². The fourth-order valence-corrected chi connectivity index (χ4v) is 5.30. The Labute approximate surface area is 233 Å². The number of primary amides is 1. The van der Waals surface area contributed by atoms with Crippen molar-refractivity contribution in [2.75, 3.05) is 11.1 Å². The molecule has 3 rings (SSSR count). The number of hydrogen-bond acceptors (Lipinski definition) is 9. The maximum absolute atomic E-state index is 12.8. The van der Waals surface area contributed by atoms with Crippen LogP contribution in [-0.4, -0.2) is 44.4 Å². The van der Waals surface area contributed by atoms with Crippen LogP contribution in [0.2, 0.25) is 5.02 Å². The summed E-state index contributed by atoms with van der Waals surface area (Å²) in [6.07, 6.45) is 1.31. The first-order valence-electron chi connectivity index (χ1n) is 11.5. The number of allylic oxidation sites excluding steroid dienone is 1. The number of nitrogens with zero attached hydrogens (tertiary/aromatic N) is 3. The van der Waals surface area contributed by atoms with E-state index in [0.717, 1.165) is 28.7 Å². The molecule has 0 aliphatic heterocycles. The summed E-state index contributed by atoms with van der Waals surface area (Å²) in [4.78, 5) is 37.5. The van der Waals surface area contributed by atoms with E-state index in [1.54, 1.807) is 43.5 Å². The van der Waals surface area contributed by atoms with Crippen molar-refractivity contribution in [3.63, 3.8) is 0 Å². The highest BCUT2D eigenvalue weighted by Crippen LogP contribution is 2.34. The van der Waals surface area contributed by atoms with Gasteiger partial charge < -0.3 is 20.5 Å². The van der Waals surface area contributed by atoms with Gasteiger partial charge in [0.05, 0.1) is 22.3 Å². The monoisotopic (exact) mass is 577 g/mol. The van der Waals surface area contributed by atoms with Gasteiger partial charge in [0.15, 0.2) is 11.0 Å². The molecule has 0 saturated carbocycles. The number of amides is 2. The molecule has 202 valence electrons. The molecule has 3 aromatic rings. The number of benzene rings is 1. The number of aryl methyl sites for hydroxylation is 1. The quantitative estimate of drug-likeness (QED) is 0.178. The van der Waals surface area contributed by atoms with Crippen molar-refractivity contribution >= 4 is 57.5 Å². The molecule has 0 radical (unpaired) electrons. The highest BCUT2D eigenvalue weighted by molar-refractivity contribution is 7.99. The minimum Gasteiger partial charge on any atom is -0.486 e. The number of thiophene rings is 1. The predicted octanol–water partition coefficient (Wildman–Crippen LogP) is 4.77. The van der Waals surface area contributed by atoms with Crippen LogP contribution >= 0.6 is 34.7 Å². The molecule has 0 spiro atoms. The molecular weight excluding hydrogens is 550 g/mol. The van der Waals surface area contributed by atoms with Crippen molar-refractivity contribution in [1.82, 2.24) is 14.8 Å². The van der Waals surface area contributed by atoms with Crippen molar-refractivity contribution in [1.29, 1.82) is 0 Å². The summed E-state index contributed by atoms with van der Waals surface area (Å²) in [5, 5.41) is 12.4. The van der Waals surface area contributed by atoms with Crippen molar-refractivity contribution in [3.05, 3.63) is 63.3 Å². The average molecular weight is 578 g/mol. The molecule has 38 heavy (non-hydrogen) atoms. The van der Waals surface area contributed by atoms with E-state index in [2.05, 4.69) is 22.1 Å². The fourth-order valence-electron chi connectivity index (χ4n) is 3.35. The summed E-state index contributed by atoms with van der Waals surface area (Å²) >= 11 is 8.16. The Hall–Kier alpha value is -3.35. The lowest BCUT2D eigenvalue weighted by atomic mass is 10.1. The van der Waals surface area contributed by atoms with Crippen LogP contribution in [0.3, 0.4) is 0 Å². The lowest BCUT2D eigenvalue weighted by molar-refractivity contribution is -0.113. The number of halogens is 1. The van der Waals surface area contributed by atoms with Crippen LogP contribution in [-0.2, 0) is 22.7 Å². The third kappa shape index (κ3) is 7.15. The van der Waals surface area contributed by atoms with Gasteiger partial charge in [-0.25, -0.2) is 4.79 Å². The number of nitrogens with one attached hydrogen (secondary N) is 1. The molecule has 13 heteroatoms. The van der Waals surface area contributed by atoms with Gasteiger partial charge in [-0.15, -0.1) is 28.1 Å². The SMILES string of the molecule is C=CCn1c(COc2ccc(Cl)c(C)c2)nnc1SCC(=O)Nc1sc(C(N)=O)c(C)c1C(=O)OC(C)C. The van der Waals surface area contributed by atoms with Crippen molar-refractivity contribution in [2.45, 2.75) is 52.1 Å². The van der Waals surface area contributed by atoms with Crippen molar-refractivity contribution in [3.8, 4) is 5.75 Å². The zero-order valence-electron chi connectivity index (χ0n) is 21.4. The number of rotatable bonds is 12. The van der Waals surface area contributed by atoms with Gasteiger partial charge in [0.2, 0.25) is 5.91 Å². The third-order valence-electron chi connectivity index (χ3n) is 5.11. The molecule has 2 aromatic heterocycles. The van der Waals surface area contributed by atoms with E-state index in [9.17, 15) is 14.4 Å². The van der Waals surface area contributed by atoms with Gasteiger partial charge in [-0.3, -0.25) is 14.2 Å². The molecule has 10 nitrogen and oxygen atoms in total. The van der Waals surface area contributed by atoms with E-state index < -0.39 is 17.8 Å². The topological polar surface area (TPSA) is 138 Å². The number of hydrogen-bond donors (Lipinski definition) is 2. The molecule has 3 N–H and O–H groups in total. The van der Waals surface area contributed by atoms with Crippen molar-refractivity contribution in [2.24, 2.45) is 5.73 Å². The number of nitrogens with two attached hydrogens (primary N) is 1. The van der Waals surface area contributed by atoms with Gasteiger partial charge in [0.1, 0.15) is 17.4 Å². The Morgan fingerprint density at radius 1 is 1.29 bits per heavy atom. The van der Waals surface area contributed by atoms with Gasteiger partial charge in [0.25, 0.3) is 5.91 Å². The first-order valence-corrected chi connectivity index (χ1v) is 13.7. The highest BCUT2D eigenvalue weighted by atomic mass is 35.5. The maximum atomic E-state index is 12.8. The first-order chi connectivity index (χ1) is 18.0. The van der Waals surface area contributed by atoms with E-state index >= 15 is 0 Å². The van der Waals surface area contributed by atoms with Gasteiger partial charge in [-0.2, -0.15) is 0 Å². The molecule has 2 heterocycles. The summed E-state index contributed by atoms with van der Waals surface area (Å²) in [6, 6.07) is 5.36. The molecule has 0 saturated heterocycles. The number of carbonyl (C=O) groups excluding carboxylic acids is 3. The Morgan fingerprint density at radius 2 is 2.03 bits per heavy atom. The zero-order chi connectivity index (χ0) is 28.0. The number of esters is 1. The minimum absolute atomic E-state index is 0.0337. The maximum Gasteiger partial charge on any atom is 0.341 e. The lowest BCUT2D eigenvalue weighted by Crippen LogP contribution is -2.18. The summed E-state index contributed by atoms with van der Waals surface area (Å²) < 4.78 is 12.9. The molecule has 0 atom stereocenters. The summed E-state index contributed by atoms with van der Waals surface area (Å²) in [5.74, 6) is -0.583. The zero-order valence-corrected chi connectivity index (χ0v) is 23.8. The second-order valence-electron chi connectivity index (χ2n) is 8.41. The number of thioether (sulfide) groups is 1. The predicted molar refractivity (Wildman–Crippen MR) is 148 cm³/mol. The largest absolute Gasteiger partial charge is 0.486 e. The van der Waals surface area contributed by atoms with Gasteiger partial charge >= 0.3 is 5.97 Å². The second-order valence-corrected chi connectivity index (χ2v) is 10.8. The standard InChI is InChI=1S/C25H28ClN5O5S2/c1-6-9-31-18(11-35-16-7-8-17(26)14(4)10-16)29-30-25(31)37-12-19(32)28-23-20(24(34)36-13(2)3)15(5)21(38-23)22(27)33/h6-8,10,13H,1,9,11-12H2,2-5H3,(H2,27,33)(H,28,32). The van der Waals surface area contributed by atoms with Crippen LogP contribution in [0.5, 0.6) is 5.75 Å². The van der Waals surface area contributed by atoms with E-state index in [1.807, 2.05) is 13.0 Å². The van der Waals surface area contributed by atoms with Crippen molar-refractivity contribution < 1.29 is 23.9 Å². The molecule has 1 aromatic carbocycles. The average Bonchev–Trinajstić information content (AvgIpc) is 3.38. The number of ether oxygens (including phenoxy) is 2. The number of aromatic nitrogens is 3. The Kier molecular flexibility index (Phi) is 9.95. The van der Waals surface area contributed by atoms with Crippen LogP contribution in [0, 0.1) is 13.8 Å². The molecule has 0 fully saturated rings. The fraction of sp³-hybridized carbons (Fsp3) is 0.320. The molecule has 2 amide bonds. The molecule has 0 aliphatic rings. The van der Waals surface area contributed by atoms with Gasteiger partial charge in [0, 0.05) is 11.6 Å². The Bertz CT molecular complexity index is 1370. The van der Waals surface area contributed by atoms with Gasteiger partial charge in [-0.05, 0) is 57.0 Å². The van der Waals surface area contributed by atoms with Crippen LogP contribution in [0.25, 0.3) is 0 Å². The summed E-state index contributed by atoms with van der Waals surface area (Å²) in [6.45, 7) is 11.2. The van der Waals surface area contributed by atoms with E-state index in [1.165, 1.54) is 0 Å². The van der Waals surface area contributed by atoms with Crippen LogP contribution in [0.4, 0.5) is 5.00 Å². The molecule has 0 bridgehead atoms. The highest BCUT2D eigenvalue weighted by Gasteiger charge is 2.26. The smallest absolute Gasteiger partial charge is 0.341 e. The first kappa shape index (κ1) is 29.2. The van der Waals surface area contributed by atoms with E-state index in [4.69, 9.17) is 26.8 Å². The Morgan fingerprint density at radius 3 is 2.66 bits per heavy atom. The molecule has 0 aliphatic carbocycles. The van der Waals surface area contributed by atoms with Crippen LogP contribution in [0.15, 0.2) is 36.0 Å². The summed E-state index contributed by atoms with van der Waals surface area (Å²) in [7, 11) is 0. The molecule has 0 unspecified atom stereocenters.